The average molecular weight is 302 g/mol. The lowest BCUT2D eigenvalue weighted by atomic mass is 9.99. The molecule has 0 atom stereocenters. The van der Waals surface area contributed by atoms with E-state index in [0.717, 1.165) is 37.5 Å². The molecule has 1 fully saturated rings. The van der Waals surface area contributed by atoms with Crippen LogP contribution >= 0.6 is 0 Å². The van der Waals surface area contributed by atoms with Gasteiger partial charge in [-0.05, 0) is 51.7 Å². The third kappa shape index (κ3) is 4.95. The Labute approximate surface area is 132 Å². The first-order valence-electron chi connectivity index (χ1n) is 8.18. The zero-order valence-electron chi connectivity index (χ0n) is 13.6. The number of benzene rings is 1. The lowest BCUT2D eigenvalue weighted by Gasteiger charge is -2.30. The van der Waals surface area contributed by atoms with Gasteiger partial charge in [0, 0.05) is 12.1 Å². The molecule has 22 heavy (non-hydrogen) atoms. The Morgan fingerprint density at radius 2 is 1.82 bits per heavy atom. The summed E-state index contributed by atoms with van der Waals surface area (Å²) >= 11 is 0. The second-order valence-corrected chi connectivity index (χ2v) is 6.33. The zero-order valence-corrected chi connectivity index (χ0v) is 13.6. The highest BCUT2D eigenvalue weighted by atomic mass is 16.2. The molecule has 1 heterocycles. The van der Waals surface area contributed by atoms with Crippen molar-refractivity contribution in [3.05, 3.63) is 35.4 Å². The Bertz CT molecular complexity index is 502. The fourth-order valence-electron chi connectivity index (χ4n) is 2.71. The van der Waals surface area contributed by atoms with Crippen LogP contribution in [0.15, 0.2) is 24.3 Å². The van der Waals surface area contributed by atoms with Gasteiger partial charge in [-0.2, -0.15) is 0 Å². The predicted molar refractivity (Wildman–Crippen MR) is 88.0 cm³/mol. The molecule has 1 saturated heterocycles. The van der Waals surface area contributed by atoms with Gasteiger partial charge in [0.2, 0.25) is 5.78 Å². The Kier molecular flexibility index (Phi) is 6.13. The molecule has 0 aromatic heterocycles. The number of ketones is 1. The molecule has 0 spiro atoms. The molecule has 120 valence electrons. The van der Waals surface area contributed by atoms with Crippen LogP contribution in [0.5, 0.6) is 0 Å². The van der Waals surface area contributed by atoms with E-state index in [1.807, 2.05) is 19.1 Å². The van der Waals surface area contributed by atoms with E-state index >= 15 is 0 Å². The van der Waals surface area contributed by atoms with Crippen LogP contribution in [0.25, 0.3) is 0 Å². The molecule has 0 bridgehead atoms. The summed E-state index contributed by atoms with van der Waals surface area (Å²) in [6.45, 7) is 8.10. The number of piperidine rings is 1. The molecular weight excluding hydrogens is 276 g/mol. The van der Waals surface area contributed by atoms with E-state index in [9.17, 15) is 9.59 Å². The van der Waals surface area contributed by atoms with Gasteiger partial charge in [0.05, 0.1) is 0 Å². The van der Waals surface area contributed by atoms with Gasteiger partial charge in [-0.15, -0.1) is 0 Å². The standard InChI is InChI=1S/C18H26N2O2/c1-14-4-6-16(7-5-14)17(21)18(22)19-10-3-11-20-12-8-15(2)9-13-20/h4-7,15H,3,8-13H2,1-2H3,(H,19,22). The minimum Gasteiger partial charge on any atom is -0.349 e. The van der Waals surface area contributed by atoms with Crippen molar-refractivity contribution in [2.24, 2.45) is 5.92 Å². The molecule has 1 aromatic rings. The van der Waals surface area contributed by atoms with E-state index in [2.05, 4.69) is 17.1 Å². The molecule has 1 aromatic carbocycles. The van der Waals surface area contributed by atoms with Crippen molar-refractivity contribution < 1.29 is 9.59 Å². The highest BCUT2D eigenvalue weighted by Crippen LogP contribution is 2.15. The van der Waals surface area contributed by atoms with Gasteiger partial charge in [-0.1, -0.05) is 36.8 Å². The first-order chi connectivity index (χ1) is 10.6. The Hall–Kier alpha value is -1.68. The molecule has 2 rings (SSSR count). The minimum atomic E-state index is -0.504. The first kappa shape index (κ1) is 16.7. The topological polar surface area (TPSA) is 49.4 Å². The van der Waals surface area contributed by atoms with Gasteiger partial charge >= 0.3 is 0 Å². The number of hydrogen-bond acceptors (Lipinski definition) is 3. The van der Waals surface area contributed by atoms with Gasteiger partial charge in [-0.3, -0.25) is 9.59 Å². The Balaban J connectivity index is 1.67. The van der Waals surface area contributed by atoms with Crippen molar-refractivity contribution in [1.82, 2.24) is 10.2 Å². The van der Waals surface area contributed by atoms with Crippen molar-refractivity contribution in [3.8, 4) is 0 Å². The average Bonchev–Trinajstić information content (AvgIpc) is 2.53. The summed E-state index contributed by atoms with van der Waals surface area (Å²) in [6.07, 6.45) is 3.41. The van der Waals surface area contributed by atoms with E-state index < -0.39 is 11.7 Å². The number of carbonyl (C=O) groups excluding carboxylic acids is 2. The van der Waals surface area contributed by atoms with E-state index in [0.29, 0.717) is 12.1 Å². The summed E-state index contributed by atoms with van der Waals surface area (Å²) in [5.74, 6) is -0.119. The van der Waals surface area contributed by atoms with Crippen LogP contribution in [0, 0.1) is 12.8 Å². The number of likely N-dealkylation sites (tertiary alicyclic amines) is 1. The van der Waals surface area contributed by atoms with E-state index in [1.165, 1.54) is 12.8 Å². The van der Waals surface area contributed by atoms with Crippen molar-refractivity contribution in [1.29, 1.82) is 0 Å². The SMILES string of the molecule is Cc1ccc(C(=O)C(=O)NCCCN2CCC(C)CC2)cc1. The van der Waals surface area contributed by atoms with Gasteiger partial charge in [0.25, 0.3) is 5.91 Å². The fraction of sp³-hybridized carbons (Fsp3) is 0.556. The van der Waals surface area contributed by atoms with Crippen LogP contribution in [-0.2, 0) is 4.79 Å². The van der Waals surface area contributed by atoms with Crippen LogP contribution in [0.2, 0.25) is 0 Å². The molecule has 1 aliphatic rings. The minimum absolute atomic E-state index is 0.452. The molecule has 0 aliphatic carbocycles. The summed E-state index contributed by atoms with van der Waals surface area (Å²) < 4.78 is 0. The number of aryl methyl sites for hydroxylation is 1. The zero-order chi connectivity index (χ0) is 15.9. The molecule has 1 amide bonds. The maximum atomic E-state index is 12.0. The number of nitrogens with zero attached hydrogens (tertiary/aromatic N) is 1. The molecule has 4 nitrogen and oxygen atoms in total. The maximum absolute atomic E-state index is 12.0. The lowest BCUT2D eigenvalue weighted by Crippen LogP contribution is -2.36. The quantitative estimate of drug-likeness (QED) is 0.499. The fourth-order valence-corrected chi connectivity index (χ4v) is 2.71. The van der Waals surface area contributed by atoms with Crippen molar-refractivity contribution >= 4 is 11.7 Å². The Morgan fingerprint density at radius 1 is 1.18 bits per heavy atom. The third-order valence-corrected chi connectivity index (χ3v) is 4.33. The molecule has 0 saturated carbocycles. The second-order valence-electron chi connectivity index (χ2n) is 6.33. The number of carbonyl (C=O) groups is 2. The number of hydrogen-bond donors (Lipinski definition) is 1. The molecule has 0 radical (unpaired) electrons. The summed E-state index contributed by atoms with van der Waals surface area (Å²) in [7, 11) is 0. The summed E-state index contributed by atoms with van der Waals surface area (Å²) in [5, 5.41) is 2.73. The van der Waals surface area contributed by atoms with Crippen molar-refractivity contribution in [2.45, 2.75) is 33.1 Å². The van der Waals surface area contributed by atoms with Crippen LogP contribution in [-0.4, -0.2) is 42.8 Å². The van der Waals surface area contributed by atoms with Gasteiger partial charge in [0.1, 0.15) is 0 Å². The molecule has 1 N–H and O–H groups in total. The van der Waals surface area contributed by atoms with Crippen molar-refractivity contribution in [2.75, 3.05) is 26.2 Å². The van der Waals surface area contributed by atoms with E-state index in [1.54, 1.807) is 12.1 Å². The molecule has 1 aliphatic heterocycles. The third-order valence-electron chi connectivity index (χ3n) is 4.33. The van der Waals surface area contributed by atoms with Crippen LogP contribution in [0.3, 0.4) is 0 Å². The first-order valence-corrected chi connectivity index (χ1v) is 8.18. The van der Waals surface area contributed by atoms with Crippen LogP contribution in [0.4, 0.5) is 0 Å². The summed E-state index contributed by atoms with van der Waals surface area (Å²) in [5.41, 5.74) is 1.53. The lowest BCUT2D eigenvalue weighted by molar-refractivity contribution is -0.117. The van der Waals surface area contributed by atoms with Crippen LogP contribution in [0.1, 0.15) is 42.1 Å². The largest absolute Gasteiger partial charge is 0.349 e. The normalized spacial score (nSPS) is 16.5. The number of amides is 1. The van der Waals surface area contributed by atoms with Gasteiger partial charge in [-0.25, -0.2) is 0 Å². The summed E-state index contributed by atoms with van der Waals surface area (Å²) in [6, 6.07) is 7.09. The van der Waals surface area contributed by atoms with Crippen LogP contribution < -0.4 is 5.32 Å². The summed E-state index contributed by atoms with van der Waals surface area (Å²) in [4.78, 5) is 26.3. The highest BCUT2D eigenvalue weighted by Gasteiger charge is 2.17. The molecular formula is C18H26N2O2. The van der Waals surface area contributed by atoms with E-state index in [-0.39, 0.29) is 0 Å². The molecule has 0 unspecified atom stereocenters. The predicted octanol–water partition coefficient (Wildman–Crippen LogP) is 2.42. The van der Waals surface area contributed by atoms with Gasteiger partial charge in [0.15, 0.2) is 0 Å². The number of nitrogens with one attached hydrogen (secondary N) is 1. The number of Topliss-reactive ketones (excluding diaryl/α,β-unsaturated/α-hetero) is 1. The smallest absolute Gasteiger partial charge is 0.292 e. The Morgan fingerprint density at radius 3 is 2.45 bits per heavy atom. The van der Waals surface area contributed by atoms with Gasteiger partial charge < -0.3 is 10.2 Å². The molecule has 4 heteroatoms. The van der Waals surface area contributed by atoms with E-state index in [4.69, 9.17) is 0 Å². The maximum Gasteiger partial charge on any atom is 0.292 e. The van der Waals surface area contributed by atoms with Crippen molar-refractivity contribution in [3.63, 3.8) is 0 Å². The number of rotatable bonds is 6. The second kappa shape index (κ2) is 8.08. The highest BCUT2D eigenvalue weighted by molar-refractivity contribution is 6.42. The monoisotopic (exact) mass is 302 g/mol.